The highest BCUT2D eigenvalue weighted by molar-refractivity contribution is 7.99. The van der Waals surface area contributed by atoms with Crippen LogP contribution >= 0.6 is 11.8 Å². The van der Waals surface area contributed by atoms with Crippen LogP contribution in [0.3, 0.4) is 0 Å². The van der Waals surface area contributed by atoms with E-state index in [1.54, 1.807) is 31.2 Å². The molecule has 0 aliphatic carbocycles. The van der Waals surface area contributed by atoms with Crippen LogP contribution in [-0.2, 0) is 4.79 Å². The van der Waals surface area contributed by atoms with Gasteiger partial charge in [0.2, 0.25) is 5.91 Å². The zero-order valence-electron chi connectivity index (χ0n) is 13.7. The predicted molar refractivity (Wildman–Crippen MR) is 88.7 cm³/mol. The van der Waals surface area contributed by atoms with Crippen molar-refractivity contribution in [1.82, 2.24) is 5.32 Å². The van der Waals surface area contributed by atoms with Gasteiger partial charge in [0.1, 0.15) is 5.54 Å². The number of thioether (sulfide) groups is 1. The fourth-order valence-corrected chi connectivity index (χ4v) is 2.50. The van der Waals surface area contributed by atoms with Crippen LogP contribution in [0.4, 0.5) is 18.9 Å². The summed E-state index contributed by atoms with van der Waals surface area (Å²) in [5, 5.41) is 14.6. The smallest absolute Gasteiger partial charge is 0.375 e. The van der Waals surface area contributed by atoms with Crippen LogP contribution in [0.25, 0.3) is 0 Å². The highest BCUT2D eigenvalue weighted by Crippen LogP contribution is 2.31. The van der Waals surface area contributed by atoms with Crippen molar-refractivity contribution < 1.29 is 18.0 Å². The minimum Gasteiger partial charge on any atom is -0.375 e. The van der Waals surface area contributed by atoms with Gasteiger partial charge in [-0.15, -0.1) is 11.8 Å². The molecule has 2 N–H and O–H groups in total. The van der Waals surface area contributed by atoms with Crippen molar-refractivity contribution >= 4 is 23.4 Å². The Hall–Kier alpha value is -1.88. The number of anilines is 1. The van der Waals surface area contributed by atoms with Crippen molar-refractivity contribution in [3.63, 3.8) is 0 Å². The Morgan fingerprint density at radius 1 is 1.33 bits per heavy atom. The Morgan fingerprint density at radius 2 is 1.96 bits per heavy atom. The summed E-state index contributed by atoms with van der Waals surface area (Å²) in [5.74, 6) is -1.48. The summed E-state index contributed by atoms with van der Waals surface area (Å²) >= 11 is 0.657. The van der Waals surface area contributed by atoms with E-state index in [1.165, 1.54) is 0 Å². The molecule has 24 heavy (non-hydrogen) atoms. The maximum atomic E-state index is 12.4. The molecule has 0 spiro atoms. The number of nitrogens with one attached hydrogen (secondary N) is 2. The minimum atomic E-state index is -4.26. The fraction of sp³-hybridized carbons (Fsp3) is 0.500. The molecule has 1 rings (SSSR count). The molecule has 1 aromatic rings. The van der Waals surface area contributed by atoms with Crippen LogP contribution in [0.2, 0.25) is 0 Å². The number of para-hydroxylation sites is 1. The molecule has 1 amide bonds. The quantitative estimate of drug-likeness (QED) is 0.727. The lowest BCUT2D eigenvalue weighted by Gasteiger charge is -2.27. The third-order valence-corrected chi connectivity index (χ3v) is 4.64. The average Bonchev–Trinajstić information content (AvgIpc) is 2.50. The van der Waals surface area contributed by atoms with E-state index in [2.05, 4.69) is 16.7 Å². The first-order valence-corrected chi connectivity index (χ1v) is 8.30. The van der Waals surface area contributed by atoms with Gasteiger partial charge < -0.3 is 10.6 Å². The number of rotatable bonds is 7. The number of halogens is 3. The molecule has 4 nitrogen and oxygen atoms in total. The topological polar surface area (TPSA) is 64.9 Å². The number of carbonyl (C=O) groups is 1. The van der Waals surface area contributed by atoms with Crippen LogP contribution < -0.4 is 10.6 Å². The summed E-state index contributed by atoms with van der Waals surface area (Å²) in [6.07, 6.45) is -4.26. The number of alkyl halides is 3. The first-order valence-electron chi connectivity index (χ1n) is 7.32. The fourth-order valence-electron chi connectivity index (χ4n) is 1.71. The van der Waals surface area contributed by atoms with Crippen LogP contribution in [0, 0.1) is 17.2 Å². The Morgan fingerprint density at radius 3 is 2.50 bits per heavy atom. The largest absolute Gasteiger partial charge is 0.398 e. The predicted octanol–water partition coefficient (Wildman–Crippen LogP) is 3.81. The number of hydrogen-bond acceptors (Lipinski definition) is 4. The van der Waals surface area contributed by atoms with Crippen LogP contribution in [-0.4, -0.2) is 29.9 Å². The van der Waals surface area contributed by atoms with Crippen molar-refractivity contribution in [3.8, 4) is 6.07 Å². The summed E-state index contributed by atoms with van der Waals surface area (Å²) < 4.78 is 37.1. The highest BCUT2D eigenvalue weighted by Gasteiger charge is 2.30. The lowest BCUT2D eigenvalue weighted by Crippen LogP contribution is -2.50. The number of benzene rings is 1. The number of nitriles is 1. The zero-order chi connectivity index (χ0) is 18.4. The molecule has 0 fully saturated rings. The molecule has 0 aliphatic rings. The molecule has 0 radical (unpaired) electrons. The van der Waals surface area contributed by atoms with E-state index >= 15 is 0 Å². The standard InChI is InChI=1S/C16H20F3N3OS/c1-11(2)15(3,9-20)22-14(23)8-21-12-6-4-5-7-13(12)24-10-16(17,18)19/h4-7,11,21H,8,10H2,1-3H3,(H,22,23)/t15-/m0/s1. The second-order valence-electron chi connectivity index (χ2n) is 5.77. The van der Waals surface area contributed by atoms with E-state index in [0.29, 0.717) is 22.3 Å². The first-order chi connectivity index (χ1) is 11.1. The van der Waals surface area contributed by atoms with Gasteiger partial charge in [-0.2, -0.15) is 18.4 Å². The molecular weight excluding hydrogens is 339 g/mol. The second-order valence-corrected chi connectivity index (χ2v) is 6.79. The SMILES string of the molecule is CC(C)[C@](C)(C#N)NC(=O)CNc1ccccc1SCC(F)(F)F. The van der Waals surface area contributed by atoms with E-state index < -0.39 is 23.4 Å². The number of amides is 1. The van der Waals surface area contributed by atoms with Gasteiger partial charge in [-0.05, 0) is 25.0 Å². The molecule has 8 heteroatoms. The number of hydrogen-bond donors (Lipinski definition) is 2. The van der Waals surface area contributed by atoms with Crippen LogP contribution in [0.15, 0.2) is 29.2 Å². The second kappa shape index (κ2) is 8.29. The van der Waals surface area contributed by atoms with Gasteiger partial charge in [-0.25, -0.2) is 0 Å². The third-order valence-electron chi connectivity index (χ3n) is 3.50. The van der Waals surface area contributed by atoms with Crippen molar-refractivity contribution in [1.29, 1.82) is 5.26 Å². The van der Waals surface area contributed by atoms with E-state index in [1.807, 2.05) is 13.8 Å². The summed E-state index contributed by atoms with van der Waals surface area (Å²) in [5.41, 5.74) is -0.548. The molecule has 0 unspecified atom stereocenters. The van der Waals surface area contributed by atoms with Crippen molar-refractivity contribution in [2.75, 3.05) is 17.6 Å². The zero-order valence-corrected chi connectivity index (χ0v) is 14.5. The molecule has 1 atom stereocenters. The van der Waals surface area contributed by atoms with E-state index in [9.17, 15) is 23.2 Å². The first kappa shape index (κ1) is 20.2. The Labute approximate surface area is 143 Å². The van der Waals surface area contributed by atoms with Gasteiger partial charge in [0.25, 0.3) is 0 Å². The number of nitrogens with zero attached hydrogens (tertiary/aromatic N) is 1. The van der Waals surface area contributed by atoms with E-state index in [0.717, 1.165) is 0 Å². The molecule has 0 saturated carbocycles. The van der Waals surface area contributed by atoms with Gasteiger partial charge in [-0.3, -0.25) is 4.79 Å². The molecule has 0 heterocycles. The lowest BCUT2D eigenvalue weighted by atomic mass is 9.90. The van der Waals surface area contributed by atoms with Gasteiger partial charge in [0.15, 0.2) is 0 Å². The van der Waals surface area contributed by atoms with Gasteiger partial charge in [-0.1, -0.05) is 26.0 Å². The van der Waals surface area contributed by atoms with Crippen molar-refractivity contribution in [3.05, 3.63) is 24.3 Å². The highest BCUT2D eigenvalue weighted by atomic mass is 32.2. The molecule has 1 aromatic carbocycles. The van der Waals surface area contributed by atoms with E-state index in [4.69, 9.17) is 0 Å². The Balaban J connectivity index is 2.68. The van der Waals surface area contributed by atoms with Gasteiger partial charge in [0, 0.05) is 10.6 Å². The summed E-state index contributed by atoms with van der Waals surface area (Å²) in [4.78, 5) is 12.4. The Bertz CT molecular complexity index is 613. The van der Waals surface area contributed by atoms with Crippen molar-refractivity contribution in [2.45, 2.75) is 37.4 Å². The van der Waals surface area contributed by atoms with Crippen LogP contribution in [0.1, 0.15) is 20.8 Å². The maximum Gasteiger partial charge on any atom is 0.398 e. The van der Waals surface area contributed by atoms with Crippen LogP contribution in [0.5, 0.6) is 0 Å². The normalized spacial score (nSPS) is 13.9. The molecule has 0 saturated heterocycles. The maximum absolute atomic E-state index is 12.4. The summed E-state index contributed by atoms with van der Waals surface area (Å²) in [6, 6.07) is 8.54. The summed E-state index contributed by atoms with van der Waals surface area (Å²) in [6.45, 7) is 5.14. The van der Waals surface area contributed by atoms with Crippen molar-refractivity contribution in [2.24, 2.45) is 5.92 Å². The summed E-state index contributed by atoms with van der Waals surface area (Å²) in [7, 11) is 0. The van der Waals surface area contributed by atoms with E-state index in [-0.39, 0.29) is 12.5 Å². The molecule has 0 aliphatic heterocycles. The lowest BCUT2D eigenvalue weighted by molar-refractivity contribution is -0.121. The molecule has 0 bridgehead atoms. The third kappa shape index (κ3) is 6.32. The molecule has 0 aromatic heterocycles. The minimum absolute atomic E-state index is 0.0823. The average molecular weight is 359 g/mol. The molecular formula is C16H20F3N3OS. The monoisotopic (exact) mass is 359 g/mol. The van der Waals surface area contributed by atoms with Gasteiger partial charge in [0.05, 0.1) is 18.4 Å². The Kier molecular flexibility index (Phi) is 6.96. The number of carbonyl (C=O) groups excluding carboxylic acids is 1. The molecule has 132 valence electrons. The van der Waals surface area contributed by atoms with Gasteiger partial charge >= 0.3 is 6.18 Å².